The van der Waals surface area contributed by atoms with Crippen molar-refractivity contribution in [1.29, 1.82) is 0 Å². The minimum Gasteiger partial charge on any atom is -0.496 e. The number of carbonyl (C=O) groups excluding carboxylic acids is 1. The SMILES string of the molecule is COc1ccccc1CCNC(=O)NC1CCN(Cc2ccc(Cl)cc2)CC1. The Bertz CT molecular complexity index is 759. The molecule has 1 saturated heterocycles. The van der Waals surface area contributed by atoms with Gasteiger partial charge in [-0.25, -0.2) is 4.79 Å². The number of halogens is 1. The lowest BCUT2D eigenvalue weighted by atomic mass is 10.0. The first-order valence-electron chi connectivity index (χ1n) is 9.77. The van der Waals surface area contributed by atoms with Gasteiger partial charge in [-0.15, -0.1) is 0 Å². The number of methoxy groups -OCH3 is 1. The van der Waals surface area contributed by atoms with Crippen molar-refractivity contribution in [3.63, 3.8) is 0 Å². The molecular formula is C22H28ClN3O2. The maximum absolute atomic E-state index is 12.2. The van der Waals surface area contributed by atoms with Crippen LogP contribution in [0, 0.1) is 0 Å². The van der Waals surface area contributed by atoms with Gasteiger partial charge in [-0.1, -0.05) is 41.9 Å². The fourth-order valence-corrected chi connectivity index (χ4v) is 3.67. The lowest BCUT2D eigenvalue weighted by Gasteiger charge is -2.32. The third kappa shape index (κ3) is 6.14. The second-order valence-electron chi connectivity index (χ2n) is 7.14. The van der Waals surface area contributed by atoms with Gasteiger partial charge in [0.15, 0.2) is 0 Å². The van der Waals surface area contributed by atoms with E-state index < -0.39 is 0 Å². The van der Waals surface area contributed by atoms with Crippen LogP contribution < -0.4 is 15.4 Å². The van der Waals surface area contributed by atoms with Gasteiger partial charge in [-0.3, -0.25) is 4.90 Å². The highest BCUT2D eigenvalue weighted by Crippen LogP contribution is 2.18. The monoisotopic (exact) mass is 401 g/mol. The number of para-hydroxylation sites is 1. The number of nitrogens with one attached hydrogen (secondary N) is 2. The fraction of sp³-hybridized carbons (Fsp3) is 0.409. The molecule has 2 aromatic rings. The van der Waals surface area contributed by atoms with Crippen LogP contribution in [-0.4, -0.2) is 43.7 Å². The highest BCUT2D eigenvalue weighted by atomic mass is 35.5. The van der Waals surface area contributed by atoms with Crippen molar-refractivity contribution in [3.8, 4) is 5.75 Å². The lowest BCUT2D eigenvalue weighted by molar-refractivity contribution is 0.186. The van der Waals surface area contributed by atoms with Crippen LogP contribution in [0.5, 0.6) is 5.75 Å². The predicted octanol–water partition coefficient (Wildman–Crippen LogP) is 3.85. The van der Waals surface area contributed by atoms with Crippen molar-refractivity contribution >= 4 is 17.6 Å². The van der Waals surface area contributed by atoms with Crippen molar-refractivity contribution < 1.29 is 9.53 Å². The van der Waals surface area contributed by atoms with Crippen molar-refractivity contribution in [2.75, 3.05) is 26.7 Å². The summed E-state index contributed by atoms with van der Waals surface area (Å²) >= 11 is 5.94. The normalized spacial score (nSPS) is 15.2. The minimum absolute atomic E-state index is 0.0916. The second-order valence-corrected chi connectivity index (χ2v) is 7.58. The smallest absolute Gasteiger partial charge is 0.315 e. The van der Waals surface area contributed by atoms with Crippen LogP contribution in [0.4, 0.5) is 4.79 Å². The van der Waals surface area contributed by atoms with Gasteiger partial charge in [0.1, 0.15) is 5.75 Å². The molecule has 28 heavy (non-hydrogen) atoms. The summed E-state index contributed by atoms with van der Waals surface area (Å²) in [6, 6.07) is 16.0. The predicted molar refractivity (Wildman–Crippen MR) is 113 cm³/mol. The molecule has 0 radical (unpaired) electrons. The Morgan fingerprint density at radius 3 is 2.57 bits per heavy atom. The zero-order chi connectivity index (χ0) is 19.8. The number of hydrogen-bond acceptors (Lipinski definition) is 3. The molecule has 1 aliphatic heterocycles. The van der Waals surface area contributed by atoms with Gasteiger partial charge in [0.2, 0.25) is 0 Å². The van der Waals surface area contributed by atoms with Gasteiger partial charge in [0.25, 0.3) is 0 Å². The van der Waals surface area contributed by atoms with Gasteiger partial charge in [-0.05, 0) is 48.6 Å². The first-order valence-corrected chi connectivity index (χ1v) is 10.1. The number of hydrogen-bond donors (Lipinski definition) is 2. The minimum atomic E-state index is -0.0916. The van der Waals surface area contributed by atoms with Gasteiger partial charge in [-0.2, -0.15) is 0 Å². The number of ether oxygens (including phenoxy) is 1. The zero-order valence-corrected chi connectivity index (χ0v) is 17.0. The number of urea groups is 1. The Kier molecular flexibility index (Phi) is 7.57. The third-order valence-corrected chi connectivity index (χ3v) is 5.37. The third-order valence-electron chi connectivity index (χ3n) is 5.11. The van der Waals surface area contributed by atoms with Crippen molar-refractivity contribution in [1.82, 2.24) is 15.5 Å². The Hall–Kier alpha value is -2.24. The van der Waals surface area contributed by atoms with Gasteiger partial charge in [0.05, 0.1) is 7.11 Å². The number of amides is 2. The summed E-state index contributed by atoms with van der Waals surface area (Å²) in [5.74, 6) is 0.859. The molecule has 2 N–H and O–H groups in total. The summed E-state index contributed by atoms with van der Waals surface area (Å²) in [6.45, 7) is 3.47. The van der Waals surface area contributed by atoms with Crippen LogP contribution in [0.15, 0.2) is 48.5 Å². The molecule has 0 aromatic heterocycles. The standard InChI is InChI=1S/C22H28ClN3O2/c1-28-21-5-3-2-4-18(21)10-13-24-22(27)25-20-11-14-26(15-12-20)16-17-6-8-19(23)9-7-17/h2-9,20H,10-16H2,1H3,(H2,24,25,27). The Balaban J connectivity index is 1.35. The summed E-state index contributed by atoms with van der Waals surface area (Å²) < 4.78 is 5.34. The summed E-state index contributed by atoms with van der Waals surface area (Å²) in [7, 11) is 1.66. The molecule has 0 saturated carbocycles. The van der Waals surface area contributed by atoms with E-state index in [0.717, 1.165) is 55.2 Å². The van der Waals surface area contributed by atoms with Gasteiger partial charge < -0.3 is 15.4 Å². The van der Waals surface area contributed by atoms with E-state index in [4.69, 9.17) is 16.3 Å². The summed E-state index contributed by atoms with van der Waals surface area (Å²) in [4.78, 5) is 14.6. The van der Waals surface area contributed by atoms with Crippen LogP contribution in [0.1, 0.15) is 24.0 Å². The van der Waals surface area contributed by atoms with Gasteiger partial charge in [0, 0.05) is 37.2 Å². The number of piperidine rings is 1. The van der Waals surface area contributed by atoms with Crippen LogP contribution in [0.3, 0.4) is 0 Å². The van der Waals surface area contributed by atoms with Crippen LogP contribution in [-0.2, 0) is 13.0 Å². The van der Waals surface area contributed by atoms with E-state index in [-0.39, 0.29) is 12.1 Å². The first kappa shape index (κ1) is 20.5. The molecular weight excluding hydrogens is 374 g/mol. The molecule has 5 nitrogen and oxygen atoms in total. The van der Waals surface area contributed by atoms with Crippen LogP contribution in [0.25, 0.3) is 0 Å². The quantitative estimate of drug-likeness (QED) is 0.740. The Morgan fingerprint density at radius 1 is 1.14 bits per heavy atom. The molecule has 2 aromatic carbocycles. The first-order chi connectivity index (χ1) is 13.6. The number of likely N-dealkylation sites (tertiary alicyclic amines) is 1. The molecule has 0 bridgehead atoms. The molecule has 1 fully saturated rings. The number of rotatable bonds is 7. The Labute approximate surface area is 172 Å². The van der Waals surface area contributed by atoms with E-state index in [1.54, 1.807) is 7.11 Å². The fourth-order valence-electron chi connectivity index (χ4n) is 3.54. The lowest BCUT2D eigenvalue weighted by Crippen LogP contribution is -2.48. The number of carbonyl (C=O) groups is 1. The molecule has 6 heteroatoms. The summed E-state index contributed by atoms with van der Waals surface area (Å²) in [5, 5.41) is 6.82. The van der Waals surface area contributed by atoms with E-state index >= 15 is 0 Å². The molecule has 0 spiro atoms. The molecule has 150 valence electrons. The zero-order valence-electron chi connectivity index (χ0n) is 16.3. The molecule has 0 aliphatic carbocycles. The molecule has 0 atom stereocenters. The largest absolute Gasteiger partial charge is 0.496 e. The maximum Gasteiger partial charge on any atom is 0.315 e. The molecule has 1 aliphatic rings. The van der Waals surface area contributed by atoms with E-state index in [9.17, 15) is 4.79 Å². The van der Waals surface area contributed by atoms with Crippen molar-refractivity contribution in [2.45, 2.75) is 31.8 Å². The van der Waals surface area contributed by atoms with E-state index in [1.807, 2.05) is 36.4 Å². The van der Waals surface area contributed by atoms with E-state index in [2.05, 4.69) is 27.7 Å². The molecule has 3 rings (SSSR count). The Morgan fingerprint density at radius 2 is 1.86 bits per heavy atom. The van der Waals surface area contributed by atoms with Crippen molar-refractivity contribution in [3.05, 3.63) is 64.7 Å². The highest BCUT2D eigenvalue weighted by Gasteiger charge is 2.20. The average molecular weight is 402 g/mol. The van der Waals surface area contributed by atoms with Crippen molar-refractivity contribution in [2.24, 2.45) is 0 Å². The van der Waals surface area contributed by atoms with E-state index in [0.29, 0.717) is 6.54 Å². The molecule has 0 unspecified atom stereocenters. The van der Waals surface area contributed by atoms with Gasteiger partial charge >= 0.3 is 6.03 Å². The molecule has 1 heterocycles. The maximum atomic E-state index is 12.2. The second kappa shape index (κ2) is 10.3. The highest BCUT2D eigenvalue weighted by molar-refractivity contribution is 6.30. The topological polar surface area (TPSA) is 53.6 Å². The molecule has 2 amide bonds. The summed E-state index contributed by atoms with van der Waals surface area (Å²) in [5.41, 5.74) is 2.37. The summed E-state index contributed by atoms with van der Waals surface area (Å²) in [6.07, 6.45) is 2.68. The van der Waals surface area contributed by atoms with E-state index in [1.165, 1.54) is 5.56 Å². The number of benzene rings is 2. The van der Waals surface area contributed by atoms with Crippen LogP contribution in [0.2, 0.25) is 5.02 Å². The average Bonchev–Trinajstić information content (AvgIpc) is 2.71. The van der Waals surface area contributed by atoms with Crippen LogP contribution >= 0.6 is 11.6 Å². The number of nitrogens with zero attached hydrogens (tertiary/aromatic N) is 1.